The van der Waals surface area contributed by atoms with Crippen LogP contribution in [0.4, 0.5) is 5.82 Å². The Labute approximate surface area is 126 Å². The van der Waals surface area contributed by atoms with Crippen molar-refractivity contribution in [3.05, 3.63) is 42.5 Å². The van der Waals surface area contributed by atoms with Crippen molar-refractivity contribution >= 4 is 5.82 Å². The molecule has 2 aromatic rings. The van der Waals surface area contributed by atoms with Crippen LogP contribution in [0.25, 0.3) is 0 Å². The molecule has 0 atom stereocenters. The van der Waals surface area contributed by atoms with Crippen LogP contribution in [-0.2, 0) is 0 Å². The molecule has 0 saturated carbocycles. The maximum atomic E-state index is 5.84. The molecule has 0 unspecified atom stereocenters. The lowest BCUT2D eigenvalue weighted by molar-refractivity contribution is 0.319. The van der Waals surface area contributed by atoms with Crippen LogP contribution in [0.2, 0.25) is 0 Å². The van der Waals surface area contributed by atoms with Gasteiger partial charge < -0.3 is 14.8 Å². The number of rotatable bonds is 5. The number of nitrogens with one attached hydrogen (secondary N) is 1. The fourth-order valence-corrected chi connectivity index (χ4v) is 1.85. The van der Waals surface area contributed by atoms with Crippen molar-refractivity contribution in [2.75, 3.05) is 11.9 Å². The molecule has 0 aliphatic carbocycles. The molecular weight excluding hydrogens is 264 g/mol. The van der Waals surface area contributed by atoms with E-state index in [1.807, 2.05) is 49.4 Å². The molecule has 1 heterocycles. The first-order valence-corrected chi connectivity index (χ1v) is 7.13. The Kier molecular flexibility index (Phi) is 4.68. The van der Waals surface area contributed by atoms with Gasteiger partial charge in [-0.05, 0) is 45.9 Å². The third-order valence-corrected chi connectivity index (χ3v) is 2.59. The molecule has 2 rings (SSSR count). The van der Waals surface area contributed by atoms with Gasteiger partial charge in [-0.25, -0.2) is 0 Å². The number of benzene rings is 1. The summed E-state index contributed by atoms with van der Waals surface area (Å²) in [4.78, 5) is 4.47. The average molecular weight is 286 g/mol. The highest BCUT2D eigenvalue weighted by Crippen LogP contribution is 2.30. The Balaban J connectivity index is 2.18. The number of pyridine rings is 1. The van der Waals surface area contributed by atoms with Crippen molar-refractivity contribution in [2.24, 2.45) is 0 Å². The summed E-state index contributed by atoms with van der Waals surface area (Å²) in [5, 5.41) is 3.32. The van der Waals surface area contributed by atoms with Crippen LogP contribution in [0, 0.1) is 0 Å². The molecule has 0 aliphatic rings. The van der Waals surface area contributed by atoms with E-state index in [0.717, 1.165) is 11.6 Å². The van der Waals surface area contributed by atoms with Gasteiger partial charge in [0.05, 0.1) is 6.61 Å². The summed E-state index contributed by atoms with van der Waals surface area (Å²) in [5.74, 6) is 2.71. The summed E-state index contributed by atoms with van der Waals surface area (Å²) in [6, 6.07) is 13.3. The maximum Gasteiger partial charge on any atom is 0.221 e. The first kappa shape index (κ1) is 15.2. The summed E-state index contributed by atoms with van der Waals surface area (Å²) in [6.45, 7) is 8.81. The first-order chi connectivity index (χ1) is 9.98. The van der Waals surface area contributed by atoms with E-state index in [1.165, 1.54) is 0 Å². The third kappa shape index (κ3) is 4.67. The van der Waals surface area contributed by atoms with Gasteiger partial charge in [-0.15, -0.1) is 0 Å². The Morgan fingerprint density at radius 2 is 1.71 bits per heavy atom. The van der Waals surface area contributed by atoms with Gasteiger partial charge in [-0.2, -0.15) is 4.98 Å². The van der Waals surface area contributed by atoms with E-state index in [4.69, 9.17) is 9.47 Å². The summed E-state index contributed by atoms with van der Waals surface area (Å²) in [7, 11) is 0. The molecule has 1 N–H and O–H groups in total. The minimum Gasteiger partial charge on any atom is -0.490 e. The lowest BCUT2D eigenvalue weighted by atomic mass is 10.1. The Hall–Kier alpha value is -2.23. The molecule has 4 heteroatoms. The molecule has 0 aliphatic heterocycles. The van der Waals surface area contributed by atoms with Gasteiger partial charge >= 0.3 is 0 Å². The number of aromatic nitrogens is 1. The largest absolute Gasteiger partial charge is 0.490 e. The van der Waals surface area contributed by atoms with Gasteiger partial charge in [0.2, 0.25) is 5.88 Å². The minimum absolute atomic E-state index is 0.0468. The normalized spacial score (nSPS) is 11.0. The van der Waals surface area contributed by atoms with Gasteiger partial charge in [-0.1, -0.05) is 18.2 Å². The zero-order chi connectivity index (χ0) is 15.3. The molecule has 0 saturated heterocycles. The first-order valence-electron chi connectivity index (χ1n) is 7.13. The zero-order valence-corrected chi connectivity index (χ0v) is 13.0. The van der Waals surface area contributed by atoms with Crippen LogP contribution >= 0.6 is 0 Å². The van der Waals surface area contributed by atoms with Crippen LogP contribution in [-0.4, -0.2) is 17.1 Å². The molecule has 1 aromatic carbocycles. The smallest absolute Gasteiger partial charge is 0.221 e. The molecule has 21 heavy (non-hydrogen) atoms. The highest BCUT2D eigenvalue weighted by molar-refractivity contribution is 5.44. The molecular formula is C17H22N2O2. The van der Waals surface area contributed by atoms with Crippen molar-refractivity contribution in [3.8, 4) is 17.4 Å². The predicted octanol–water partition coefficient (Wildman–Crippen LogP) is 4.48. The topological polar surface area (TPSA) is 43.4 Å². The molecule has 0 spiro atoms. The third-order valence-electron chi connectivity index (χ3n) is 2.59. The zero-order valence-electron chi connectivity index (χ0n) is 13.0. The van der Waals surface area contributed by atoms with E-state index in [0.29, 0.717) is 18.2 Å². The number of nitrogens with zero attached hydrogens (tertiary/aromatic N) is 1. The van der Waals surface area contributed by atoms with Gasteiger partial charge in [0.15, 0.2) is 11.5 Å². The van der Waals surface area contributed by atoms with E-state index in [-0.39, 0.29) is 5.54 Å². The van der Waals surface area contributed by atoms with Crippen molar-refractivity contribution in [3.63, 3.8) is 0 Å². The number of para-hydroxylation sites is 2. The second kappa shape index (κ2) is 6.48. The van der Waals surface area contributed by atoms with Crippen LogP contribution in [0.15, 0.2) is 42.5 Å². The summed E-state index contributed by atoms with van der Waals surface area (Å²) >= 11 is 0. The summed E-state index contributed by atoms with van der Waals surface area (Å²) < 4.78 is 11.4. The van der Waals surface area contributed by atoms with Crippen molar-refractivity contribution in [2.45, 2.75) is 33.2 Å². The quantitative estimate of drug-likeness (QED) is 0.880. The summed E-state index contributed by atoms with van der Waals surface area (Å²) in [5.41, 5.74) is -0.0468. The van der Waals surface area contributed by atoms with Crippen LogP contribution in [0.5, 0.6) is 17.4 Å². The highest BCUT2D eigenvalue weighted by Gasteiger charge is 2.11. The number of ether oxygens (including phenoxy) is 2. The average Bonchev–Trinajstić information content (AvgIpc) is 2.40. The van der Waals surface area contributed by atoms with E-state index < -0.39 is 0 Å². The molecule has 0 amide bonds. The number of hydrogen-bond acceptors (Lipinski definition) is 4. The SMILES string of the molecule is CCOc1ccccc1Oc1cccc(NC(C)(C)C)n1. The standard InChI is InChI=1S/C17H22N2O2/c1-5-20-13-9-6-7-10-14(13)21-16-12-8-11-15(18-16)19-17(2,3)4/h6-12H,5H2,1-4H3,(H,18,19). The van der Waals surface area contributed by atoms with Crippen molar-refractivity contribution < 1.29 is 9.47 Å². The van der Waals surface area contributed by atoms with Crippen molar-refractivity contribution in [1.29, 1.82) is 0 Å². The molecule has 0 bridgehead atoms. The lowest BCUT2D eigenvalue weighted by Gasteiger charge is -2.21. The van der Waals surface area contributed by atoms with Crippen molar-refractivity contribution in [1.82, 2.24) is 4.98 Å². The number of anilines is 1. The van der Waals surface area contributed by atoms with Gasteiger partial charge in [0.25, 0.3) is 0 Å². The van der Waals surface area contributed by atoms with Crippen LogP contribution in [0.3, 0.4) is 0 Å². The maximum absolute atomic E-state index is 5.84. The highest BCUT2D eigenvalue weighted by atomic mass is 16.5. The predicted molar refractivity (Wildman–Crippen MR) is 85.3 cm³/mol. The van der Waals surface area contributed by atoms with Gasteiger partial charge in [-0.3, -0.25) is 0 Å². The minimum atomic E-state index is -0.0468. The Morgan fingerprint density at radius 3 is 2.38 bits per heavy atom. The molecule has 0 fully saturated rings. The summed E-state index contributed by atoms with van der Waals surface area (Å²) in [6.07, 6.45) is 0. The molecule has 0 radical (unpaired) electrons. The van der Waals surface area contributed by atoms with Crippen LogP contribution in [0.1, 0.15) is 27.7 Å². The van der Waals surface area contributed by atoms with Gasteiger partial charge in [0, 0.05) is 11.6 Å². The van der Waals surface area contributed by atoms with Gasteiger partial charge in [0.1, 0.15) is 5.82 Å². The van der Waals surface area contributed by atoms with E-state index in [9.17, 15) is 0 Å². The molecule has 1 aromatic heterocycles. The van der Waals surface area contributed by atoms with E-state index in [1.54, 1.807) is 0 Å². The Morgan fingerprint density at radius 1 is 1.00 bits per heavy atom. The van der Waals surface area contributed by atoms with E-state index in [2.05, 4.69) is 31.1 Å². The number of hydrogen-bond donors (Lipinski definition) is 1. The lowest BCUT2D eigenvalue weighted by Crippen LogP contribution is -2.26. The van der Waals surface area contributed by atoms with Crippen LogP contribution < -0.4 is 14.8 Å². The second-order valence-electron chi connectivity index (χ2n) is 5.72. The Bertz CT molecular complexity index is 591. The fraction of sp³-hybridized carbons (Fsp3) is 0.353. The monoisotopic (exact) mass is 286 g/mol. The molecule has 4 nitrogen and oxygen atoms in total. The second-order valence-corrected chi connectivity index (χ2v) is 5.72. The molecule has 112 valence electrons. The van der Waals surface area contributed by atoms with E-state index >= 15 is 0 Å². The fourth-order valence-electron chi connectivity index (χ4n) is 1.85.